The lowest BCUT2D eigenvalue weighted by molar-refractivity contribution is -0.194. The van der Waals surface area contributed by atoms with Crippen LogP contribution in [0, 0.1) is 35.0 Å². The molecule has 8 nitrogen and oxygen atoms in total. The van der Waals surface area contributed by atoms with Crippen LogP contribution >= 0.6 is 0 Å². The molecule has 1 spiro atoms. The molecule has 2 saturated carbocycles. The van der Waals surface area contributed by atoms with Crippen LogP contribution in [0.2, 0.25) is 0 Å². The minimum Gasteiger partial charge on any atom is -0.396 e. The van der Waals surface area contributed by atoms with Gasteiger partial charge in [0, 0.05) is 49.7 Å². The number of methoxy groups -OCH3 is 1. The summed E-state index contributed by atoms with van der Waals surface area (Å²) in [6, 6.07) is 8.94. The first-order valence-electron chi connectivity index (χ1n) is 23.0. The van der Waals surface area contributed by atoms with Gasteiger partial charge < -0.3 is 35.8 Å². The number of hydrogen-bond acceptors (Lipinski definition) is 8. The molecule has 60 heavy (non-hydrogen) atoms. The number of carbonyl (C=O) groups excluding carboxylic acids is 1. The fourth-order valence-corrected chi connectivity index (χ4v) is 11.5. The molecule has 1 heterocycles. The van der Waals surface area contributed by atoms with E-state index in [1.54, 1.807) is 7.11 Å². The van der Waals surface area contributed by atoms with Gasteiger partial charge in [-0.2, -0.15) is 0 Å². The molecule has 3 aliphatic carbocycles. The number of aliphatic hydroxyl groups is 4. The standard InChI is InChI=1S/C52H78N2O6/c1-8-9-10-17-46(57)44(16-11-13-37(3)42-19-18-36(2)34-54-50(5,26-29-60-7)32-40-15-12-14-39(30-40)31-42)45-22-24-52(49(45)58)48-41(23-28-55)20-21-43(47(48)38(4)35-56)33-51(52,59)25-27-53-6/h11-16,18,20-21,30,35,41-43,45-46,48-49,53-55,57-59H,3,8-10,17,19,22-29,31-34H2,1-2,4-7H3/b13-11+,36-18+,44-16+,47-38?/t41-,42+,43-,45-,46+,48-,49+,50-,51+,52+/m0/s1. The van der Waals surface area contributed by atoms with Crippen molar-refractivity contribution in [3.8, 4) is 0 Å². The fraction of sp³-hybridized carbons (Fsp3) is 0.635. The molecule has 6 N–H and O–H groups in total. The molecule has 1 aromatic rings. The lowest BCUT2D eigenvalue weighted by Gasteiger charge is -2.61. The summed E-state index contributed by atoms with van der Waals surface area (Å²) in [5, 5.41) is 55.4. The average Bonchev–Trinajstić information content (AvgIpc) is 3.57. The van der Waals surface area contributed by atoms with Gasteiger partial charge in [0.2, 0.25) is 0 Å². The number of nitrogens with one attached hydrogen (secondary N) is 2. The molecule has 1 aromatic carbocycles. The Morgan fingerprint density at radius 2 is 1.97 bits per heavy atom. The van der Waals surface area contributed by atoms with E-state index in [0.29, 0.717) is 57.2 Å². The van der Waals surface area contributed by atoms with E-state index in [1.165, 1.54) is 16.7 Å². The molecule has 0 radical (unpaired) electrons. The first-order valence-corrected chi connectivity index (χ1v) is 23.0. The molecule has 332 valence electrons. The average molecular weight is 827 g/mol. The molecular formula is C52H78N2O6. The van der Waals surface area contributed by atoms with Crippen molar-refractivity contribution in [2.24, 2.45) is 35.0 Å². The Morgan fingerprint density at radius 3 is 2.68 bits per heavy atom. The highest BCUT2D eigenvalue weighted by molar-refractivity contribution is 5.74. The normalized spacial score (nSPS) is 34.5. The molecule has 0 unspecified atom stereocenters. The van der Waals surface area contributed by atoms with Crippen LogP contribution in [0.4, 0.5) is 0 Å². The summed E-state index contributed by atoms with van der Waals surface area (Å²) in [6.07, 6.45) is 21.5. The number of aldehydes is 1. The highest BCUT2D eigenvalue weighted by Gasteiger charge is 2.68. The van der Waals surface area contributed by atoms with Crippen molar-refractivity contribution in [2.45, 2.75) is 135 Å². The lowest BCUT2D eigenvalue weighted by atomic mass is 9.45. The first-order chi connectivity index (χ1) is 28.8. The predicted octanol–water partition coefficient (Wildman–Crippen LogP) is 7.92. The summed E-state index contributed by atoms with van der Waals surface area (Å²) >= 11 is 0. The first kappa shape index (κ1) is 48.1. The Kier molecular flexibility index (Phi) is 17.6. The molecule has 1 aliphatic heterocycles. The smallest absolute Gasteiger partial charge is 0.145 e. The van der Waals surface area contributed by atoms with Gasteiger partial charge in [0.05, 0.1) is 17.8 Å². The third kappa shape index (κ3) is 10.8. The second-order valence-corrected chi connectivity index (χ2v) is 19.1. The van der Waals surface area contributed by atoms with Gasteiger partial charge in [-0.25, -0.2) is 0 Å². The number of ether oxygens (including phenoxy) is 1. The number of benzene rings is 1. The van der Waals surface area contributed by atoms with Gasteiger partial charge >= 0.3 is 0 Å². The van der Waals surface area contributed by atoms with Gasteiger partial charge in [0.15, 0.2) is 0 Å². The number of carbonyl (C=O) groups is 1. The predicted molar refractivity (Wildman–Crippen MR) is 244 cm³/mol. The van der Waals surface area contributed by atoms with E-state index in [0.717, 1.165) is 74.5 Å². The van der Waals surface area contributed by atoms with E-state index in [2.05, 4.69) is 86.6 Å². The highest BCUT2D eigenvalue weighted by atomic mass is 16.5. The largest absolute Gasteiger partial charge is 0.396 e. The topological polar surface area (TPSA) is 131 Å². The molecule has 10 atom stereocenters. The summed E-state index contributed by atoms with van der Waals surface area (Å²) in [5.41, 5.74) is 5.04. The third-order valence-corrected chi connectivity index (χ3v) is 14.9. The summed E-state index contributed by atoms with van der Waals surface area (Å²) in [7, 11) is 3.64. The highest BCUT2D eigenvalue weighted by Crippen LogP contribution is 2.67. The monoisotopic (exact) mass is 827 g/mol. The number of hydrogen-bond donors (Lipinski definition) is 6. The van der Waals surface area contributed by atoms with Gasteiger partial charge in [-0.15, -0.1) is 0 Å². The van der Waals surface area contributed by atoms with Crippen LogP contribution in [0.5, 0.6) is 0 Å². The van der Waals surface area contributed by atoms with Crippen molar-refractivity contribution in [3.05, 3.63) is 106 Å². The van der Waals surface area contributed by atoms with E-state index in [-0.39, 0.29) is 35.8 Å². The zero-order valence-corrected chi connectivity index (χ0v) is 37.7. The summed E-state index contributed by atoms with van der Waals surface area (Å²) in [6.45, 7) is 15.2. The van der Waals surface area contributed by atoms with Crippen LogP contribution in [-0.4, -0.2) is 90.5 Å². The molecule has 8 heteroatoms. The maximum absolute atomic E-state index is 13.0. The van der Waals surface area contributed by atoms with Gasteiger partial charge in [-0.1, -0.05) is 110 Å². The quantitative estimate of drug-likeness (QED) is 0.0290. The van der Waals surface area contributed by atoms with Gasteiger partial charge in [-0.05, 0) is 139 Å². The van der Waals surface area contributed by atoms with E-state index in [4.69, 9.17) is 4.74 Å². The second kappa shape index (κ2) is 21.9. The molecule has 4 aliphatic rings. The third-order valence-electron chi connectivity index (χ3n) is 14.9. The van der Waals surface area contributed by atoms with Crippen LogP contribution in [0.25, 0.3) is 0 Å². The van der Waals surface area contributed by atoms with E-state index < -0.39 is 29.1 Å². The van der Waals surface area contributed by atoms with Crippen molar-refractivity contribution >= 4 is 6.29 Å². The molecule has 0 aromatic heterocycles. The van der Waals surface area contributed by atoms with Crippen LogP contribution in [-0.2, 0) is 22.4 Å². The van der Waals surface area contributed by atoms with E-state index in [9.17, 15) is 25.2 Å². The van der Waals surface area contributed by atoms with Crippen molar-refractivity contribution in [2.75, 3.05) is 40.5 Å². The van der Waals surface area contributed by atoms with E-state index in [1.807, 2.05) is 26.1 Å². The molecule has 4 bridgehead atoms. The van der Waals surface area contributed by atoms with Gasteiger partial charge in [0.25, 0.3) is 0 Å². The molecule has 0 saturated heterocycles. The molecule has 2 fully saturated rings. The van der Waals surface area contributed by atoms with Crippen molar-refractivity contribution in [1.82, 2.24) is 10.6 Å². The Hall–Kier alpha value is -2.95. The zero-order chi connectivity index (χ0) is 43.5. The van der Waals surface area contributed by atoms with Crippen LogP contribution in [0.1, 0.15) is 109 Å². The fourth-order valence-electron chi connectivity index (χ4n) is 11.5. The number of aliphatic hydroxyl groups excluding tert-OH is 3. The van der Waals surface area contributed by atoms with Gasteiger partial charge in [0.1, 0.15) is 6.29 Å². The molecule has 5 rings (SSSR count). The Labute approximate surface area is 362 Å². The SMILES string of the molecule is C=C(/C=C/C=C(/[C@H](O)CCCCC)[C@@H]1CC[C@]2([C@@H]1O)[C@@H]1C(=C(C)C=O)[C@@H](C=C[C@H]1CCO)C[C@]2(O)CCNC)[C@@H]1C/C=C(\C)CN[C@@](C)(CCOC)Cc2cccc(c2)C1. The number of fused-ring (bicyclic) bond motifs is 5. The van der Waals surface area contributed by atoms with Crippen LogP contribution in [0.3, 0.4) is 0 Å². The molecular weight excluding hydrogens is 749 g/mol. The van der Waals surface area contributed by atoms with Crippen LogP contribution in [0.15, 0.2) is 95.2 Å². The Bertz CT molecular complexity index is 1760. The lowest BCUT2D eigenvalue weighted by Crippen LogP contribution is -2.65. The maximum atomic E-state index is 13.0. The number of rotatable bonds is 18. The van der Waals surface area contributed by atoms with E-state index >= 15 is 0 Å². The number of unbranched alkanes of at least 4 members (excludes halogenated alkanes) is 2. The maximum Gasteiger partial charge on any atom is 0.145 e. The zero-order valence-electron chi connectivity index (χ0n) is 37.7. The summed E-state index contributed by atoms with van der Waals surface area (Å²) in [5.74, 6) is -0.806. The van der Waals surface area contributed by atoms with Crippen molar-refractivity contribution in [3.63, 3.8) is 0 Å². The second-order valence-electron chi connectivity index (χ2n) is 19.1. The Morgan fingerprint density at radius 1 is 1.18 bits per heavy atom. The summed E-state index contributed by atoms with van der Waals surface area (Å²) < 4.78 is 5.47. The summed E-state index contributed by atoms with van der Waals surface area (Å²) in [4.78, 5) is 12.5. The van der Waals surface area contributed by atoms with Crippen LogP contribution < -0.4 is 10.6 Å². The van der Waals surface area contributed by atoms with Gasteiger partial charge in [-0.3, -0.25) is 4.79 Å². The van der Waals surface area contributed by atoms with Crippen molar-refractivity contribution in [1.29, 1.82) is 0 Å². The van der Waals surface area contributed by atoms with Crippen molar-refractivity contribution < 1.29 is 30.0 Å². The number of allylic oxidation sites excluding steroid dienone is 9. The minimum atomic E-state index is -1.23. The Balaban J connectivity index is 1.50. The molecule has 0 amide bonds. The minimum absolute atomic E-state index is 0.0306.